The second-order valence-electron chi connectivity index (χ2n) is 11.0. The number of ether oxygens (including phenoxy) is 6. The Bertz CT molecular complexity index is 2070. The van der Waals surface area contributed by atoms with Gasteiger partial charge in [0.2, 0.25) is 0 Å². The third kappa shape index (κ3) is 5.34. The number of pyridine rings is 1. The summed E-state index contributed by atoms with van der Waals surface area (Å²) < 4.78 is 36.3. The first kappa shape index (κ1) is 30.4. The van der Waals surface area contributed by atoms with Crippen LogP contribution in [0.3, 0.4) is 0 Å². The highest BCUT2D eigenvalue weighted by Gasteiger charge is 2.20. The highest BCUT2D eigenvalue weighted by atomic mass is 16.6. The molecule has 4 aromatic carbocycles. The number of carbonyl (C=O) groups excluding carboxylic acids is 2. The van der Waals surface area contributed by atoms with Gasteiger partial charge in [0, 0.05) is 45.1 Å². The molecule has 0 amide bonds. The molecule has 0 aliphatic rings. The summed E-state index contributed by atoms with van der Waals surface area (Å²) in [6.45, 7) is -0.0880. The lowest BCUT2D eigenvalue weighted by Crippen LogP contribution is -2.14. The number of fused-ring (bicyclic) bond motifs is 6. The number of methoxy groups -OCH3 is 4. The zero-order valence-corrected chi connectivity index (χ0v) is 26.7. The maximum Gasteiger partial charge on any atom is 0.419 e. The number of hydrogen-bond acceptors (Lipinski definition) is 9. The van der Waals surface area contributed by atoms with Gasteiger partial charge in [-0.2, -0.15) is 0 Å². The molecule has 0 saturated carbocycles. The molecule has 0 radical (unpaired) electrons. The van der Waals surface area contributed by atoms with Crippen LogP contribution >= 0.6 is 0 Å². The van der Waals surface area contributed by atoms with Crippen molar-refractivity contribution in [2.24, 2.45) is 0 Å². The molecule has 0 spiro atoms. The van der Waals surface area contributed by atoms with Crippen LogP contribution in [0.5, 0.6) is 23.0 Å². The topological polar surface area (TPSA) is 112 Å². The van der Waals surface area contributed by atoms with Gasteiger partial charge in [-0.1, -0.05) is 0 Å². The third-order valence-corrected chi connectivity index (χ3v) is 8.30. The fourth-order valence-corrected chi connectivity index (χ4v) is 5.98. The van der Waals surface area contributed by atoms with E-state index in [4.69, 9.17) is 28.4 Å². The van der Waals surface area contributed by atoms with Crippen LogP contribution in [0, 0.1) is 0 Å². The van der Waals surface area contributed by atoms with Crippen molar-refractivity contribution in [1.82, 2.24) is 14.1 Å². The van der Waals surface area contributed by atoms with E-state index >= 15 is 0 Å². The smallest absolute Gasteiger partial charge is 0.419 e. The van der Waals surface area contributed by atoms with Crippen molar-refractivity contribution in [3.8, 4) is 23.0 Å². The summed E-state index contributed by atoms with van der Waals surface area (Å²) >= 11 is 0. The number of carbonyl (C=O) groups is 2. The lowest BCUT2D eigenvalue weighted by Gasteiger charge is -2.10. The fourth-order valence-electron chi connectivity index (χ4n) is 5.98. The Kier molecular flexibility index (Phi) is 7.94. The summed E-state index contributed by atoms with van der Waals surface area (Å²) in [7, 11) is 6.38. The lowest BCUT2D eigenvalue weighted by molar-refractivity contribution is 0.142. The number of hydrogen-bond donors (Lipinski definition) is 0. The zero-order valence-electron chi connectivity index (χ0n) is 26.7. The van der Waals surface area contributed by atoms with Gasteiger partial charge in [-0.05, 0) is 78.9 Å². The van der Waals surface area contributed by atoms with Crippen molar-refractivity contribution in [1.29, 1.82) is 0 Å². The van der Waals surface area contributed by atoms with Crippen LogP contribution < -0.4 is 18.9 Å². The minimum Gasteiger partial charge on any atom is -0.497 e. The highest BCUT2D eigenvalue weighted by Crippen LogP contribution is 2.36. The average molecular weight is 646 g/mol. The standard InChI is InChI=1S/C37H31N3O8/c1-43-24-5-9-32-28(14-24)29-15-25(44-2)6-10-33(29)39(32)36(41)47-20-22-13-23(19-38-18-22)21-48-37(42)40-34-11-7-26(45-3)16-30(34)31-17-27(46-4)8-12-35(31)40/h5-19H,20-21H2,1-4H3. The quantitative estimate of drug-likeness (QED) is 0.164. The van der Waals surface area contributed by atoms with Crippen LogP contribution in [0.1, 0.15) is 11.1 Å². The van der Waals surface area contributed by atoms with Crippen molar-refractivity contribution in [2.75, 3.05) is 28.4 Å². The Balaban J connectivity index is 1.10. The van der Waals surface area contributed by atoms with E-state index in [1.54, 1.807) is 71.2 Å². The van der Waals surface area contributed by atoms with Crippen LogP contribution in [0.2, 0.25) is 0 Å². The Labute approximate surface area is 274 Å². The van der Waals surface area contributed by atoms with Crippen molar-refractivity contribution in [3.63, 3.8) is 0 Å². The molecule has 48 heavy (non-hydrogen) atoms. The minimum absolute atomic E-state index is 0.0440. The van der Waals surface area contributed by atoms with E-state index < -0.39 is 12.2 Å². The number of nitrogens with zero attached hydrogens (tertiary/aromatic N) is 3. The molecular weight excluding hydrogens is 614 g/mol. The second kappa shape index (κ2) is 12.5. The van der Waals surface area contributed by atoms with Gasteiger partial charge in [-0.3, -0.25) is 4.98 Å². The van der Waals surface area contributed by atoms with E-state index in [0.29, 0.717) is 56.2 Å². The van der Waals surface area contributed by atoms with Crippen LogP contribution in [0.15, 0.2) is 91.3 Å². The number of benzene rings is 4. The summed E-state index contributed by atoms with van der Waals surface area (Å²) in [6, 6.07) is 23.8. The summed E-state index contributed by atoms with van der Waals surface area (Å²) in [5, 5.41) is 3.30. The number of rotatable bonds is 8. The first-order chi connectivity index (χ1) is 23.4. The van der Waals surface area contributed by atoms with Crippen LogP contribution in [-0.4, -0.2) is 54.7 Å². The molecule has 11 nitrogen and oxygen atoms in total. The third-order valence-electron chi connectivity index (χ3n) is 8.30. The van der Waals surface area contributed by atoms with Gasteiger partial charge in [0.05, 0.1) is 50.5 Å². The molecule has 7 rings (SSSR count). The molecular formula is C37H31N3O8. The zero-order chi connectivity index (χ0) is 33.4. The van der Waals surface area contributed by atoms with E-state index in [9.17, 15) is 9.59 Å². The molecule has 242 valence electrons. The first-order valence-electron chi connectivity index (χ1n) is 15.0. The van der Waals surface area contributed by atoms with Crippen molar-refractivity contribution < 1.29 is 38.0 Å². The minimum atomic E-state index is -0.554. The van der Waals surface area contributed by atoms with E-state index in [0.717, 1.165) is 21.5 Å². The summed E-state index contributed by atoms with van der Waals surface area (Å²) in [5.41, 5.74) is 3.96. The van der Waals surface area contributed by atoms with Crippen LogP contribution in [0.4, 0.5) is 9.59 Å². The van der Waals surface area contributed by atoms with E-state index in [2.05, 4.69) is 4.98 Å². The second-order valence-corrected chi connectivity index (χ2v) is 11.0. The molecule has 0 fully saturated rings. The van der Waals surface area contributed by atoms with Gasteiger partial charge in [0.15, 0.2) is 0 Å². The normalized spacial score (nSPS) is 11.2. The Morgan fingerprint density at radius 2 is 0.812 bits per heavy atom. The van der Waals surface area contributed by atoms with Crippen molar-refractivity contribution >= 4 is 55.8 Å². The molecule has 0 aliphatic heterocycles. The summed E-state index contributed by atoms with van der Waals surface area (Å²) in [6.07, 6.45) is 2.10. The molecule has 0 N–H and O–H groups in total. The maximum absolute atomic E-state index is 13.5. The van der Waals surface area contributed by atoms with Crippen LogP contribution in [0.25, 0.3) is 43.6 Å². The molecule has 11 heteroatoms. The molecule has 0 unspecified atom stereocenters. The fraction of sp³-hybridized carbons (Fsp3) is 0.162. The largest absolute Gasteiger partial charge is 0.497 e. The van der Waals surface area contributed by atoms with Crippen LogP contribution in [-0.2, 0) is 22.7 Å². The summed E-state index contributed by atoms with van der Waals surface area (Å²) in [4.78, 5) is 31.3. The monoisotopic (exact) mass is 645 g/mol. The SMILES string of the molecule is COc1ccc2c(c1)c1cc(OC)ccc1n2C(=O)OCc1cncc(COC(=O)n2c3ccc(OC)cc3c3cc(OC)ccc32)c1. The van der Waals surface area contributed by atoms with Gasteiger partial charge < -0.3 is 28.4 Å². The average Bonchev–Trinajstić information content (AvgIpc) is 3.64. The van der Waals surface area contributed by atoms with Gasteiger partial charge in [0.25, 0.3) is 0 Å². The molecule has 3 heterocycles. The van der Waals surface area contributed by atoms with Gasteiger partial charge >= 0.3 is 12.2 Å². The van der Waals surface area contributed by atoms with E-state index in [1.807, 2.05) is 48.5 Å². The summed E-state index contributed by atoms with van der Waals surface area (Å²) in [5.74, 6) is 2.67. The van der Waals surface area contributed by atoms with Gasteiger partial charge in [0.1, 0.15) is 36.2 Å². The highest BCUT2D eigenvalue weighted by molar-refractivity contribution is 6.14. The van der Waals surface area contributed by atoms with E-state index in [-0.39, 0.29) is 13.2 Å². The van der Waals surface area contributed by atoms with E-state index in [1.165, 1.54) is 9.13 Å². The first-order valence-corrected chi connectivity index (χ1v) is 15.0. The van der Waals surface area contributed by atoms with Gasteiger partial charge in [-0.15, -0.1) is 0 Å². The Morgan fingerprint density at radius 1 is 0.500 bits per heavy atom. The Hall–Kier alpha value is -6.23. The Morgan fingerprint density at radius 3 is 1.10 bits per heavy atom. The molecule has 0 saturated heterocycles. The van der Waals surface area contributed by atoms with Gasteiger partial charge in [-0.25, -0.2) is 18.7 Å². The van der Waals surface area contributed by atoms with Crippen molar-refractivity contribution in [3.05, 3.63) is 102 Å². The predicted octanol–water partition coefficient (Wildman–Crippen LogP) is 7.70. The molecule has 0 aliphatic carbocycles. The van der Waals surface area contributed by atoms with Crippen molar-refractivity contribution in [2.45, 2.75) is 13.2 Å². The molecule has 0 atom stereocenters. The molecule has 3 aromatic heterocycles. The number of aromatic nitrogens is 3. The molecule has 0 bridgehead atoms. The molecule has 7 aromatic rings. The lowest BCUT2D eigenvalue weighted by atomic mass is 10.1. The predicted molar refractivity (Wildman–Crippen MR) is 180 cm³/mol. The maximum atomic E-state index is 13.5.